The van der Waals surface area contributed by atoms with Crippen LogP contribution in [-0.2, 0) is 4.79 Å². The molecule has 1 unspecified atom stereocenters. The molecule has 5 heteroatoms. The van der Waals surface area contributed by atoms with Crippen LogP contribution in [0.1, 0.15) is 18.5 Å². The van der Waals surface area contributed by atoms with Gasteiger partial charge in [-0.15, -0.1) is 0 Å². The minimum atomic E-state index is -0.906. The first kappa shape index (κ1) is 7.59. The summed E-state index contributed by atoms with van der Waals surface area (Å²) in [6.07, 6.45) is 0. The number of anilines is 1. The van der Waals surface area contributed by atoms with Gasteiger partial charge in [-0.3, -0.25) is 9.89 Å². The van der Waals surface area contributed by atoms with E-state index in [-0.39, 0.29) is 0 Å². The molecule has 11 heavy (non-hydrogen) atoms. The number of aliphatic carboxylic acids is 1. The van der Waals surface area contributed by atoms with Gasteiger partial charge < -0.3 is 10.8 Å². The number of carboxylic acids is 1. The fraction of sp³-hybridized carbons (Fsp3) is 0.333. The standard InChI is InChI=1S/C6H9N3O2/c1-3(6(10)11)4-2-5(7)9-8-4/h2-3H,1H3,(H,10,11)(H3,7,8,9). The smallest absolute Gasteiger partial charge is 0.312 e. The fourth-order valence-corrected chi connectivity index (χ4v) is 0.701. The minimum absolute atomic E-state index is 0.383. The summed E-state index contributed by atoms with van der Waals surface area (Å²) in [6, 6.07) is 1.51. The Balaban J connectivity index is 2.84. The van der Waals surface area contributed by atoms with Crippen molar-refractivity contribution in [3.05, 3.63) is 11.8 Å². The summed E-state index contributed by atoms with van der Waals surface area (Å²) in [7, 11) is 0. The SMILES string of the molecule is CC(C(=O)O)c1cc(N)[nH]n1. The molecule has 0 aliphatic carbocycles. The van der Waals surface area contributed by atoms with Crippen LogP contribution in [0.15, 0.2) is 6.07 Å². The predicted octanol–water partition coefficient (Wildman–Crippen LogP) is 0.180. The molecule has 0 aromatic carbocycles. The van der Waals surface area contributed by atoms with Gasteiger partial charge in [0.15, 0.2) is 0 Å². The molecule has 1 aromatic heterocycles. The summed E-state index contributed by atoms with van der Waals surface area (Å²) in [4.78, 5) is 10.4. The number of rotatable bonds is 2. The number of carboxylic acid groups (broad SMARTS) is 1. The van der Waals surface area contributed by atoms with Crippen molar-refractivity contribution in [2.45, 2.75) is 12.8 Å². The van der Waals surface area contributed by atoms with Crippen LogP contribution < -0.4 is 5.73 Å². The summed E-state index contributed by atoms with van der Waals surface area (Å²) < 4.78 is 0. The maximum Gasteiger partial charge on any atom is 0.312 e. The van der Waals surface area contributed by atoms with Crippen molar-refractivity contribution >= 4 is 11.8 Å². The average molecular weight is 155 g/mol. The van der Waals surface area contributed by atoms with Gasteiger partial charge in [-0.1, -0.05) is 0 Å². The first-order valence-electron chi connectivity index (χ1n) is 3.15. The Bertz CT molecular complexity index is 269. The van der Waals surface area contributed by atoms with Gasteiger partial charge in [0.05, 0.1) is 11.6 Å². The number of carbonyl (C=O) groups is 1. The van der Waals surface area contributed by atoms with Gasteiger partial charge in [0, 0.05) is 6.07 Å². The summed E-state index contributed by atoms with van der Waals surface area (Å²) >= 11 is 0. The van der Waals surface area contributed by atoms with Gasteiger partial charge in [-0.25, -0.2) is 0 Å². The van der Waals surface area contributed by atoms with Crippen LogP contribution >= 0.6 is 0 Å². The molecule has 0 amide bonds. The molecular weight excluding hydrogens is 146 g/mol. The van der Waals surface area contributed by atoms with Crippen LogP contribution in [0, 0.1) is 0 Å². The number of nitrogens with one attached hydrogen (secondary N) is 1. The molecule has 0 aliphatic rings. The second-order valence-corrected chi connectivity index (χ2v) is 2.31. The topological polar surface area (TPSA) is 92.0 Å². The van der Waals surface area contributed by atoms with Crippen molar-refractivity contribution in [3.8, 4) is 0 Å². The summed E-state index contributed by atoms with van der Waals surface area (Å²) in [5.74, 6) is -1.13. The number of hydrogen-bond acceptors (Lipinski definition) is 3. The highest BCUT2D eigenvalue weighted by atomic mass is 16.4. The van der Waals surface area contributed by atoms with Crippen LogP contribution in [0.3, 0.4) is 0 Å². The van der Waals surface area contributed by atoms with Crippen molar-refractivity contribution < 1.29 is 9.90 Å². The molecule has 1 aromatic rings. The van der Waals surface area contributed by atoms with E-state index in [0.717, 1.165) is 0 Å². The summed E-state index contributed by atoms with van der Waals surface area (Å²) in [6.45, 7) is 1.55. The molecule has 1 rings (SSSR count). The number of H-pyrrole nitrogens is 1. The van der Waals surface area contributed by atoms with E-state index in [9.17, 15) is 4.79 Å². The third-order valence-corrected chi connectivity index (χ3v) is 1.43. The average Bonchev–Trinajstić information content (AvgIpc) is 2.34. The lowest BCUT2D eigenvalue weighted by molar-refractivity contribution is -0.138. The molecule has 0 saturated heterocycles. The highest BCUT2D eigenvalue weighted by Gasteiger charge is 2.15. The highest BCUT2D eigenvalue weighted by Crippen LogP contribution is 2.13. The minimum Gasteiger partial charge on any atom is -0.481 e. The van der Waals surface area contributed by atoms with E-state index >= 15 is 0 Å². The molecule has 0 fully saturated rings. The van der Waals surface area contributed by atoms with Gasteiger partial charge in [0.1, 0.15) is 5.82 Å². The van der Waals surface area contributed by atoms with Crippen LogP contribution in [0.4, 0.5) is 5.82 Å². The number of aromatic nitrogens is 2. The van der Waals surface area contributed by atoms with Crippen LogP contribution in [0.2, 0.25) is 0 Å². The third-order valence-electron chi connectivity index (χ3n) is 1.43. The molecular formula is C6H9N3O2. The Morgan fingerprint density at radius 2 is 2.55 bits per heavy atom. The van der Waals surface area contributed by atoms with E-state index in [2.05, 4.69) is 10.2 Å². The summed E-state index contributed by atoms with van der Waals surface area (Å²) in [5, 5.41) is 14.7. The first-order valence-corrected chi connectivity index (χ1v) is 3.15. The van der Waals surface area contributed by atoms with Gasteiger partial charge in [0.25, 0.3) is 0 Å². The monoisotopic (exact) mass is 155 g/mol. The first-order chi connectivity index (χ1) is 5.11. The maximum absolute atomic E-state index is 10.4. The summed E-state index contributed by atoms with van der Waals surface area (Å²) in [5.41, 5.74) is 5.76. The molecule has 0 aliphatic heterocycles. The van der Waals surface area contributed by atoms with Gasteiger partial charge in [-0.2, -0.15) is 5.10 Å². The molecule has 0 bridgehead atoms. The second-order valence-electron chi connectivity index (χ2n) is 2.31. The van der Waals surface area contributed by atoms with Crippen molar-refractivity contribution in [1.82, 2.24) is 10.2 Å². The zero-order valence-corrected chi connectivity index (χ0v) is 6.03. The fourth-order valence-electron chi connectivity index (χ4n) is 0.701. The largest absolute Gasteiger partial charge is 0.481 e. The normalized spacial score (nSPS) is 12.8. The Kier molecular flexibility index (Phi) is 1.80. The van der Waals surface area contributed by atoms with Crippen molar-refractivity contribution in [2.24, 2.45) is 0 Å². The van der Waals surface area contributed by atoms with Crippen molar-refractivity contribution in [1.29, 1.82) is 0 Å². The van der Waals surface area contributed by atoms with E-state index < -0.39 is 11.9 Å². The van der Waals surface area contributed by atoms with E-state index in [4.69, 9.17) is 10.8 Å². The van der Waals surface area contributed by atoms with E-state index in [0.29, 0.717) is 11.5 Å². The lowest BCUT2D eigenvalue weighted by Gasteiger charge is -1.98. The Labute approximate surface area is 63.2 Å². The Hall–Kier alpha value is -1.52. The Morgan fingerprint density at radius 3 is 2.91 bits per heavy atom. The number of nitrogens with zero attached hydrogens (tertiary/aromatic N) is 1. The van der Waals surface area contributed by atoms with E-state index in [1.807, 2.05) is 0 Å². The zero-order valence-electron chi connectivity index (χ0n) is 6.03. The molecule has 60 valence electrons. The van der Waals surface area contributed by atoms with E-state index in [1.54, 1.807) is 6.92 Å². The van der Waals surface area contributed by atoms with Gasteiger partial charge in [-0.05, 0) is 6.92 Å². The van der Waals surface area contributed by atoms with Crippen LogP contribution in [-0.4, -0.2) is 21.3 Å². The number of nitrogen functional groups attached to an aromatic ring is 1. The molecule has 4 N–H and O–H groups in total. The van der Waals surface area contributed by atoms with Gasteiger partial charge >= 0.3 is 5.97 Å². The molecule has 1 heterocycles. The third kappa shape index (κ3) is 1.49. The van der Waals surface area contributed by atoms with Crippen molar-refractivity contribution in [2.75, 3.05) is 5.73 Å². The highest BCUT2D eigenvalue weighted by molar-refractivity contribution is 5.75. The second kappa shape index (κ2) is 2.61. The number of nitrogens with two attached hydrogens (primary N) is 1. The van der Waals surface area contributed by atoms with Gasteiger partial charge in [0.2, 0.25) is 0 Å². The van der Waals surface area contributed by atoms with E-state index in [1.165, 1.54) is 6.07 Å². The van der Waals surface area contributed by atoms with Crippen molar-refractivity contribution in [3.63, 3.8) is 0 Å². The number of hydrogen-bond donors (Lipinski definition) is 3. The van der Waals surface area contributed by atoms with Crippen LogP contribution in [0.5, 0.6) is 0 Å². The predicted molar refractivity (Wildman–Crippen MR) is 39.1 cm³/mol. The van der Waals surface area contributed by atoms with Crippen LogP contribution in [0.25, 0.3) is 0 Å². The lowest BCUT2D eigenvalue weighted by Crippen LogP contribution is -2.07. The zero-order chi connectivity index (χ0) is 8.43. The maximum atomic E-state index is 10.4. The molecule has 1 atom stereocenters. The molecule has 0 radical (unpaired) electrons. The molecule has 5 nitrogen and oxygen atoms in total. The quantitative estimate of drug-likeness (QED) is 0.568. The molecule has 0 saturated carbocycles. The lowest BCUT2D eigenvalue weighted by atomic mass is 10.1. The molecule has 0 spiro atoms. The Morgan fingerprint density at radius 1 is 1.91 bits per heavy atom. The number of aromatic amines is 1.